The number of hydrogen-bond acceptors (Lipinski definition) is 1. The van der Waals surface area contributed by atoms with E-state index in [1.165, 1.54) is 12.8 Å². The molecule has 1 nitrogen and oxygen atoms in total. The van der Waals surface area contributed by atoms with Crippen LogP contribution in [-0.2, 0) is 0 Å². The van der Waals surface area contributed by atoms with Crippen molar-refractivity contribution < 1.29 is 4.74 Å². The molecule has 0 unspecified atom stereocenters. The van der Waals surface area contributed by atoms with Crippen LogP contribution in [0.4, 0.5) is 0 Å². The molecule has 1 aromatic carbocycles. The van der Waals surface area contributed by atoms with Crippen molar-refractivity contribution in [2.75, 3.05) is 6.61 Å². The van der Waals surface area contributed by atoms with Crippen LogP contribution in [0.2, 0.25) is 0 Å². The van der Waals surface area contributed by atoms with Gasteiger partial charge in [-0.05, 0) is 30.2 Å². The highest BCUT2D eigenvalue weighted by molar-refractivity contribution is 5.30. The largest absolute Gasteiger partial charge is 0.494 e. The van der Waals surface area contributed by atoms with Crippen molar-refractivity contribution in [2.24, 2.45) is 0 Å². The smallest absolute Gasteiger partial charge is 0.119 e. The number of benzene rings is 1. The number of rotatable bonds is 6. The third kappa shape index (κ3) is 3.65. The summed E-state index contributed by atoms with van der Waals surface area (Å²) in [7, 11) is 0. The summed E-state index contributed by atoms with van der Waals surface area (Å²) >= 11 is 0. The molecule has 0 saturated heterocycles. The summed E-state index contributed by atoms with van der Waals surface area (Å²) in [5.74, 6) is 0.931. The van der Waals surface area contributed by atoms with Crippen molar-refractivity contribution in [1.29, 1.82) is 0 Å². The molecule has 0 aliphatic heterocycles. The molecule has 1 aromatic rings. The standard InChI is InChI=1S/C13H17O/c1-3-5-6-11-14-13-9-7-12(4-2)8-10-13/h7-10H,2-3,5-6,11H2,1H3. The van der Waals surface area contributed by atoms with Gasteiger partial charge in [0.05, 0.1) is 6.61 Å². The van der Waals surface area contributed by atoms with Gasteiger partial charge in [-0.3, -0.25) is 0 Å². The summed E-state index contributed by atoms with van der Waals surface area (Å²) in [6.07, 6.45) is 6.42. The van der Waals surface area contributed by atoms with Crippen molar-refractivity contribution >= 4 is 0 Å². The lowest BCUT2D eigenvalue weighted by molar-refractivity contribution is 0.306. The minimum atomic E-state index is 0.811. The molecular formula is C13H17O. The van der Waals surface area contributed by atoms with E-state index in [0.29, 0.717) is 0 Å². The van der Waals surface area contributed by atoms with Crippen LogP contribution in [-0.4, -0.2) is 6.61 Å². The second kappa shape index (κ2) is 6.25. The summed E-state index contributed by atoms with van der Waals surface area (Å²) in [6, 6.07) is 7.84. The van der Waals surface area contributed by atoms with Crippen LogP contribution < -0.4 is 4.74 Å². The van der Waals surface area contributed by atoms with Gasteiger partial charge in [-0.15, -0.1) is 0 Å². The van der Waals surface area contributed by atoms with Gasteiger partial charge < -0.3 is 4.74 Å². The van der Waals surface area contributed by atoms with E-state index in [0.717, 1.165) is 24.3 Å². The zero-order valence-corrected chi connectivity index (χ0v) is 8.75. The average Bonchev–Trinajstić information content (AvgIpc) is 2.25. The van der Waals surface area contributed by atoms with E-state index < -0.39 is 0 Å². The quantitative estimate of drug-likeness (QED) is 0.621. The van der Waals surface area contributed by atoms with E-state index in [4.69, 9.17) is 4.74 Å². The SMILES string of the molecule is C=[C]c1ccc(OCCCCC)cc1. The van der Waals surface area contributed by atoms with Gasteiger partial charge in [-0.25, -0.2) is 0 Å². The lowest BCUT2D eigenvalue weighted by Crippen LogP contribution is -1.96. The van der Waals surface area contributed by atoms with Crippen molar-refractivity contribution in [1.82, 2.24) is 0 Å². The topological polar surface area (TPSA) is 9.23 Å². The average molecular weight is 189 g/mol. The van der Waals surface area contributed by atoms with Gasteiger partial charge >= 0.3 is 0 Å². The normalized spacial score (nSPS) is 9.79. The molecule has 0 spiro atoms. The maximum Gasteiger partial charge on any atom is 0.119 e. The summed E-state index contributed by atoms with van der Waals surface area (Å²) in [4.78, 5) is 0. The van der Waals surface area contributed by atoms with Gasteiger partial charge in [-0.1, -0.05) is 38.5 Å². The Balaban J connectivity index is 2.32. The van der Waals surface area contributed by atoms with E-state index in [1.807, 2.05) is 24.3 Å². The Kier molecular flexibility index (Phi) is 4.84. The maximum absolute atomic E-state index is 5.56. The van der Waals surface area contributed by atoms with E-state index in [2.05, 4.69) is 19.6 Å². The fourth-order valence-corrected chi connectivity index (χ4v) is 1.21. The molecule has 1 radical (unpaired) electrons. The van der Waals surface area contributed by atoms with Gasteiger partial charge in [0, 0.05) is 0 Å². The molecule has 0 fully saturated rings. The molecule has 0 aromatic heterocycles. The van der Waals surface area contributed by atoms with E-state index in [1.54, 1.807) is 0 Å². The number of hydrogen-bond donors (Lipinski definition) is 0. The third-order valence-corrected chi connectivity index (χ3v) is 2.08. The summed E-state index contributed by atoms with van der Waals surface area (Å²) in [5, 5.41) is 0. The van der Waals surface area contributed by atoms with Gasteiger partial charge in [0.1, 0.15) is 5.75 Å². The van der Waals surface area contributed by atoms with Crippen molar-refractivity contribution in [2.45, 2.75) is 26.2 Å². The molecule has 0 saturated carbocycles. The second-order valence-corrected chi connectivity index (χ2v) is 3.26. The molecule has 0 heterocycles. The maximum atomic E-state index is 5.56. The van der Waals surface area contributed by atoms with Crippen LogP contribution >= 0.6 is 0 Å². The molecule has 0 amide bonds. The van der Waals surface area contributed by atoms with Crippen molar-refractivity contribution in [3.05, 3.63) is 42.5 Å². The Hall–Kier alpha value is -1.24. The molecule has 1 heteroatoms. The lowest BCUT2D eigenvalue weighted by atomic mass is 10.2. The molecule has 1 rings (SSSR count). The first-order valence-corrected chi connectivity index (χ1v) is 5.12. The highest BCUT2D eigenvalue weighted by Crippen LogP contribution is 2.12. The summed E-state index contributed by atoms with van der Waals surface area (Å²) < 4.78 is 5.56. The molecule has 0 aliphatic rings. The third-order valence-electron chi connectivity index (χ3n) is 2.08. The van der Waals surface area contributed by atoms with Gasteiger partial charge in [0.15, 0.2) is 0 Å². The zero-order chi connectivity index (χ0) is 10.2. The predicted molar refractivity (Wildman–Crippen MR) is 59.4 cm³/mol. The first-order chi connectivity index (χ1) is 6.86. The minimum absolute atomic E-state index is 0.811. The van der Waals surface area contributed by atoms with Crippen molar-refractivity contribution in [3.63, 3.8) is 0 Å². The Bertz CT molecular complexity index is 261. The Morgan fingerprint density at radius 2 is 1.93 bits per heavy atom. The minimum Gasteiger partial charge on any atom is -0.494 e. The summed E-state index contributed by atoms with van der Waals surface area (Å²) in [5.41, 5.74) is 1.01. The second-order valence-electron chi connectivity index (χ2n) is 3.26. The Morgan fingerprint density at radius 1 is 1.21 bits per heavy atom. The number of ether oxygens (including phenoxy) is 1. The molecule has 75 valence electrons. The van der Waals surface area contributed by atoms with Crippen LogP contribution in [0.15, 0.2) is 30.8 Å². The van der Waals surface area contributed by atoms with Crippen molar-refractivity contribution in [3.8, 4) is 5.75 Å². The fraction of sp³-hybridized carbons (Fsp3) is 0.385. The first-order valence-electron chi connectivity index (χ1n) is 5.12. The van der Waals surface area contributed by atoms with Gasteiger partial charge in [0.25, 0.3) is 0 Å². The van der Waals surface area contributed by atoms with E-state index in [-0.39, 0.29) is 0 Å². The number of unbranched alkanes of at least 4 members (excludes halogenated alkanes) is 2. The first kappa shape index (κ1) is 10.8. The Labute approximate surface area is 86.4 Å². The highest BCUT2D eigenvalue weighted by Gasteiger charge is 1.92. The molecule has 14 heavy (non-hydrogen) atoms. The van der Waals surface area contributed by atoms with Crippen LogP contribution in [0.5, 0.6) is 5.75 Å². The predicted octanol–water partition coefficient (Wildman–Crippen LogP) is 3.59. The van der Waals surface area contributed by atoms with Crippen LogP contribution in [0.3, 0.4) is 0 Å². The van der Waals surface area contributed by atoms with Gasteiger partial charge in [-0.2, -0.15) is 0 Å². The monoisotopic (exact) mass is 189 g/mol. The fourth-order valence-electron chi connectivity index (χ4n) is 1.21. The van der Waals surface area contributed by atoms with E-state index in [9.17, 15) is 0 Å². The Morgan fingerprint density at radius 3 is 2.50 bits per heavy atom. The summed E-state index contributed by atoms with van der Waals surface area (Å²) in [6.45, 7) is 6.58. The van der Waals surface area contributed by atoms with Crippen LogP contribution in [0.1, 0.15) is 31.7 Å². The van der Waals surface area contributed by atoms with Crippen LogP contribution in [0, 0.1) is 6.08 Å². The molecule has 0 aliphatic carbocycles. The lowest BCUT2D eigenvalue weighted by Gasteiger charge is -2.05. The van der Waals surface area contributed by atoms with Gasteiger partial charge in [0.2, 0.25) is 0 Å². The highest BCUT2D eigenvalue weighted by atomic mass is 16.5. The molecular weight excluding hydrogens is 172 g/mol. The molecule has 0 bridgehead atoms. The molecule has 0 atom stereocenters. The molecule has 0 N–H and O–H groups in total. The van der Waals surface area contributed by atoms with Crippen LogP contribution in [0.25, 0.3) is 0 Å². The zero-order valence-electron chi connectivity index (χ0n) is 8.75. The van der Waals surface area contributed by atoms with E-state index >= 15 is 0 Å².